The third kappa shape index (κ3) is 3.77. The highest BCUT2D eigenvalue weighted by Crippen LogP contribution is 2.32. The number of hydrogen-bond acceptors (Lipinski definition) is 5. The molecular formula is C22H21Cl2N5O. The Kier molecular flexibility index (Phi) is 5.13. The summed E-state index contributed by atoms with van der Waals surface area (Å²) in [5, 5.41) is 4.28. The lowest BCUT2D eigenvalue weighted by Gasteiger charge is -2.36. The molecule has 0 bridgehead atoms. The summed E-state index contributed by atoms with van der Waals surface area (Å²) in [4.78, 5) is 26.7. The number of carbonyl (C=O) groups excluding carboxylic acids is 1. The van der Waals surface area contributed by atoms with Crippen LogP contribution in [0.2, 0.25) is 10.0 Å². The second-order valence-corrected chi connectivity index (χ2v) is 8.49. The van der Waals surface area contributed by atoms with E-state index in [-0.39, 0.29) is 5.91 Å². The molecule has 1 saturated carbocycles. The van der Waals surface area contributed by atoms with Crippen molar-refractivity contribution in [3.05, 3.63) is 58.1 Å². The molecule has 154 valence electrons. The van der Waals surface area contributed by atoms with E-state index < -0.39 is 0 Å². The summed E-state index contributed by atoms with van der Waals surface area (Å²) in [6.07, 6.45) is 2.32. The molecule has 6 nitrogen and oxygen atoms in total. The van der Waals surface area contributed by atoms with Crippen LogP contribution < -0.4 is 10.2 Å². The highest BCUT2D eigenvalue weighted by Gasteiger charge is 2.29. The Bertz CT molecular complexity index is 1090. The minimum atomic E-state index is -0.133. The lowest BCUT2D eigenvalue weighted by molar-refractivity contribution is 0.0747. The minimum Gasteiger partial charge on any atom is -0.364 e. The normalized spacial score (nSPS) is 16.7. The highest BCUT2D eigenvalue weighted by atomic mass is 35.5. The van der Waals surface area contributed by atoms with E-state index in [4.69, 9.17) is 33.2 Å². The topological polar surface area (TPSA) is 61.4 Å². The van der Waals surface area contributed by atoms with Crippen molar-refractivity contribution in [3.63, 3.8) is 0 Å². The van der Waals surface area contributed by atoms with E-state index in [2.05, 4.69) is 10.2 Å². The van der Waals surface area contributed by atoms with E-state index in [1.165, 1.54) is 0 Å². The van der Waals surface area contributed by atoms with Crippen LogP contribution in [0.15, 0.2) is 42.5 Å². The van der Waals surface area contributed by atoms with E-state index in [0.29, 0.717) is 47.8 Å². The summed E-state index contributed by atoms with van der Waals surface area (Å²) in [5.41, 5.74) is 2.12. The van der Waals surface area contributed by atoms with Gasteiger partial charge >= 0.3 is 0 Å². The minimum absolute atomic E-state index is 0.133. The van der Waals surface area contributed by atoms with Crippen LogP contribution in [0.5, 0.6) is 0 Å². The standard InChI is InChI=1S/C22H21Cl2N5O/c23-15-4-3-5-16(24)19(15)22(30)29-12-10-28(11-13-29)21-20(25-14-8-9-14)26-17-6-1-2-7-18(17)27-21/h1-7,14H,8-13H2,(H,25,26). The number of fused-ring (bicyclic) bond motifs is 1. The molecule has 1 saturated heterocycles. The van der Waals surface area contributed by atoms with Crippen LogP contribution in [0.25, 0.3) is 11.0 Å². The Labute approximate surface area is 184 Å². The summed E-state index contributed by atoms with van der Waals surface area (Å²) in [6, 6.07) is 13.5. The monoisotopic (exact) mass is 441 g/mol. The predicted molar refractivity (Wildman–Crippen MR) is 121 cm³/mol. The molecule has 0 atom stereocenters. The quantitative estimate of drug-likeness (QED) is 0.646. The fourth-order valence-corrected chi connectivity index (χ4v) is 4.27. The number of halogens is 2. The zero-order chi connectivity index (χ0) is 20.7. The molecule has 1 aliphatic carbocycles. The fraction of sp³-hybridized carbons (Fsp3) is 0.318. The molecule has 30 heavy (non-hydrogen) atoms. The van der Waals surface area contributed by atoms with Crippen molar-refractivity contribution < 1.29 is 4.79 Å². The van der Waals surface area contributed by atoms with Crippen LogP contribution in [0.3, 0.4) is 0 Å². The van der Waals surface area contributed by atoms with Crippen molar-refractivity contribution >= 4 is 51.8 Å². The first-order valence-corrected chi connectivity index (χ1v) is 10.9. The number of nitrogens with one attached hydrogen (secondary N) is 1. The molecule has 1 aliphatic heterocycles. The Morgan fingerprint density at radius 1 is 0.900 bits per heavy atom. The first-order valence-electron chi connectivity index (χ1n) is 10.1. The molecule has 0 spiro atoms. The third-order valence-corrected chi connectivity index (χ3v) is 6.14. The van der Waals surface area contributed by atoms with Gasteiger partial charge in [-0.2, -0.15) is 0 Å². The number of nitrogens with zero attached hydrogens (tertiary/aromatic N) is 4. The van der Waals surface area contributed by atoms with Crippen molar-refractivity contribution in [2.24, 2.45) is 0 Å². The number of para-hydroxylation sites is 2. The van der Waals surface area contributed by atoms with Gasteiger partial charge in [0.15, 0.2) is 11.6 Å². The van der Waals surface area contributed by atoms with Crippen LogP contribution in [0.4, 0.5) is 11.6 Å². The maximum Gasteiger partial charge on any atom is 0.257 e. The lowest BCUT2D eigenvalue weighted by Crippen LogP contribution is -2.49. The van der Waals surface area contributed by atoms with Gasteiger partial charge in [-0.1, -0.05) is 41.4 Å². The van der Waals surface area contributed by atoms with Gasteiger partial charge < -0.3 is 15.1 Å². The summed E-state index contributed by atoms with van der Waals surface area (Å²) >= 11 is 12.5. The van der Waals surface area contributed by atoms with E-state index in [1.54, 1.807) is 23.1 Å². The Morgan fingerprint density at radius 3 is 2.17 bits per heavy atom. The summed E-state index contributed by atoms with van der Waals surface area (Å²) in [5.74, 6) is 1.54. The first-order chi connectivity index (χ1) is 14.6. The van der Waals surface area contributed by atoms with Gasteiger partial charge in [-0.15, -0.1) is 0 Å². The summed E-state index contributed by atoms with van der Waals surface area (Å²) < 4.78 is 0. The maximum absolute atomic E-state index is 13.0. The second kappa shape index (κ2) is 7.93. The van der Waals surface area contributed by atoms with E-state index in [1.807, 2.05) is 24.3 Å². The zero-order valence-electron chi connectivity index (χ0n) is 16.3. The number of rotatable bonds is 4. The summed E-state index contributed by atoms with van der Waals surface area (Å²) in [6.45, 7) is 2.47. The van der Waals surface area contributed by atoms with Crippen molar-refractivity contribution in [2.75, 3.05) is 36.4 Å². The Morgan fingerprint density at radius 2 is 1.53 bits per heavy atom. The number of amides is 1. The smallest absolute Gasteiger partial charge is 0.257 e. The van der Waals surface area contributed by atoms with Gasteiger partial charge in [-0.3, -0.25) is 4.79 Å². The maximum atomic E-state index is 13.0. The Balaban J connectivity index is 1.37. The van der Waals surface area contributed by atoms with Gasteiger partial charge in [0.25, 0.3) is 5.91 Å². The average molecular weight is 442 g/mol. The number of aromatic nitrogens is 2. The number of anilines is 2. The number of benzene rings is 2. The van der Waals surface area contributed by atoms with Crippen molar-refractivity contribution in [3.8, 4) is 0 Å². The molecule has 2 aromatic carbocycles. The highest BCUT2D eigenvalue weighted by molar-refractivity contribution is 6.39. The van der Waals surface area contributed by atoms with Crippen LogP contribution in [0.1, 0.15) is 23.2 Å². The Hall–Kier alpha value is -2.57. The number of piperazine rings is 1. The number of carbonyl (C=O) groups is 1. The molecule has 1 aromatic heterocycles. The zero-order valence-corrected chi connectivity index (χ0v) is 17.8. The van der Waals surface area contributed by atoms with Gasteiger partial charge in [0.05, 0.1) is 26.6 Å². The molecule has 5 rings (SSSR count). The third-order valence-electron chi connectivity index (χ3n) is 5.51. The summed E-state index contributed by atoms with van der Waals surface area (Å²) in [7, 11) is 0. The predicted octanol–water partition coefficient (Wildman–Crippen LogP) is 4.47. The van der Waals surface area contributed by atoms with Crippen LogP contribution in [0, 0.1) is 0 Å². The van der Waals surface area contributed by atoms with E-state index >= 15 is 0 Å². The SMILES string of the molecule is O=C(c1c(Cl)cccc1Cl)N1CCN(c2nc3ccccc3nc2NC2CC2)CC1. The molecule has 0 unspecified atom stereocenters. The van der Waals surface area contributed by atoms with E-state index in [0.717, 1.165) is 35.5 Å². The van der Waals surface area contributed by atoms with Gasteiger partial charge in [0.1, 0.15) is 0 Å². The van der Waals surface area contributed by atoms with Gasteiger partial charge in [-0.05, 0) is 37.1 Å². The van der Waals surface area contributed by atoms with Gasteiger partial charge in [-0.25, -0.2) is 9.97 Å². The van der Waals surface area contributed by atoms with Crippen LogP contribution in [-0.4, -0.2) is 53.0 Å². The fourth-order valence-electron chi connectivity index (χ4n) is 3.71. The molecule has 2 heterocycles. The van der Waals surface area contributed by atoms with Crippen LogP contribution >= 0.6 is 23.2 Å². The molecule has 0 radical (unpaired) electrons. The molecule has 1 amide bonds. The second-order valence-electron chi connectivity index (χ2n) is 7.68. The lowest BCUT2D eigenvalue weighted by atomic mass is 10.1. The molecule has 3 aromatic rings. The number of hydrogen-bond donors (Lipinski definition) is 1. The molecule has 2 aliphatic rings. The first kappa shape index (κ1) is 19.4. The van der Waals surface area contributed by atoms with Crippen molar-refractivity contribution in [2.45, 2.75) is 18.9 Å². The van der Waals surface area contributed by atoms with Crippen molar-refractivity contribution in [1.29, 1.82) is 0 Å². The van der Waals surface area contributed by atoms with E-state index in [9.17, 15) is 4.79 Å². The van der Waals surface area contributed by atoms with Gasteiger partial charge in [0, 0.05) is 32.2 Å². The molecule has 8 heteroatoms. The largest absolute Gasteiger partial charge is 0.364 e. The molecular weight excluding hydrogens is 421 g/mol. The van der Waals surface area contributed by atoms with Crippen LogP contribution in [-0.2, 0) is 0 Å². The average Bonchev–Trinajstić information content (AvgIpc) is 3.57. The molecule has 2 fully saturated rings. The van der Waals surface area contributed by atoms with Gasteiger partial charge in [0.2, 0.25) is 0 Å². The molecule has 1 N–H and O–H groups in total. The van der Waals surface area contributed by atoms with Crippen molar-refractivity contribution in [1.82, 2.24) is 14.9 Å².